The lowest BCUT2D eigenvalue weighted by Gasteiger charge is -1.98. The molecule has 0 unspecified atom stereocenters. The van der Waals surface area contributed by atoms with Crippen molar-refractivity contribution < 1.29 is 9.50 Å². The van der Waals surface area contributed by atoms with E-state index in [1.165, 1.54) is 6.07 Å². The van der Waals surface area contributed by atoms with Crippen molar-refractivity contribution in [2.75, 3.05) is 12.3 Å². The number of aliphatic hydroxyl groups excluding tert-OH is 1. The number of hydrogen-bond acceptors (Lipinski definition) is 3. The lowest BCUT2D eigenvalue weighted by Crippen LogP contribution is -1.94. The SMILES string of the molecule is Nc1ncc(F)cc1C=CCCO. The Kier molecular flexibility index (Phi) is 3.40. The highest BCUT2D eigenvalue weighted by atomic mass is 19.1. The van der Waals surface area contributed by atoms with Gasteiger partial charge in [-0.15, -0.1) is 0 Å². The first kappa shape index (κ1) is 9.67. The zero-order valence-corrected chi connectivity index (χ0v) is 7.07. The highest BCUT2D eigenvalue weighted by molar-refractivity contribution is 5.60. The number of aliphatic hydroxyl groups is 1. The largest absolute Gasteiger partial charge is 0.396 e. The maximum atomic E-state index is 12.7. The summed E-state index contributed by atoms with van der Waals surface area (Å²) in [7, 11) is 0. The minimum atomic E-state index is -0.419. The van der Waals surface area contributed by atoms with Gasteiger partial charge in [-0.3, -0.25) is 0 Å². The van der Waals surface area contributed by atoms with E-state index in [1.54, 1.807) is 12.2 Å². The zero-order valence-electron chi connectivity index (χ0n) is 7.07. The molecule has 1 aromatic heterocycles. The van der Waals surface area contributed by atoms with Gasteiger partial charge in [-0.25, -0.2) is 9.37 Å². The molecule has 3 N–H and O–H groups in total. The van der Waals surface area contributed by atoms with Crippen molar-refractivity contribution in [2.45, 2.75) is 6.42 Å². The van der Waals surface area contributed by atoms with Crippen LogP contribution < -0.4 is 5.73 Å². The summed E-state index contributed by atoms with van der Waals surface area (Å²) in [5.74, 6) is -0.131. The molecule has 3 nitrogen and oxygen atoms in total. The van der Waals surface area contributed by atoms with Gasteiger partial charge >= 0.3 is 0 Å². The fourth-order valence-corrected chi connectivity index (χ4v) is 0.884. The number of hydrogen-bond donors (Lipinski definition) is 2. The van der Waals surface area contributed by atoms with Crippen molar-refractivity contribution in [3.63, 3.8) is 0 Å². The van der Waals surface area contributed by atoms with E-state index in [2.05, 4.69) is 4.98 Å². The summed E-state index contributed by atoms with van der Waals surface area (Å²) in [6.45, 7) is 0.0686. The molecule has 0 radical (unpaired) electrons. The highest BCUT2D eigenvalue weighted by Crippen LogP contribution is 2.11. The maximum Gasteiger partial charge on any atom is 0.142 e. The number of nitrogen functional groups attached to an aromatic ring is 1. The molecule has 70 valence electrons. The number of nitrogens with two attached hydrogens (primary N) is 1. The number of pyridine rings is 1. The van der Waals surface area contributed by atoms with Crippen LogP contribution in [0.1, 0.15) is 12.0 Å². The van der Waals surface area contributed by atoms with E-state index in [9.17, 15) is 4.39 Å². The van der Waals surface area contributed by atoms with Crippen molar-refractivity contribution in [3.8, 4) is 0 Å². The standard InChI is InChI=1S/C9H11FN2O/c10-8-5-7(3-1-2-4-13)9(11)12-6-8/h1,3,5-6,13H,2,4H2,(H2,11,12). The minimum absolute atomic E-state index is 0.0686. The molecule has 0 fully saturated rings. The molecule has 1 heterocycles. The average Bonchev–Trinajstić information content (AvgIpc) is 2.11. The van der Waals surface area contributed by atoms with E-state index in [0.29, 0.717) is 12.0 Å². The first-order valence-corrected chi connectivity index (χ1v) is 3.92. The van der Waals surface area contributed by atoms with Crippen molar-refractivity contribution in [1.82, 2.24) is 4.98 Å². The van der Waals surface area contributed by atoms with Crippen molar-refractivity contribution in [1.29, 1.82) is 0 Å². The van der Waals surface area contributed by atoms with E-state index in [0.717, 1.165) is 6.20 Å². The van der Waals surface area contributed by atoms with E-state index in [-0.39, 0.29) is 12.4 Å². The molecule has 0 atom stereocenters. The normalized spacial score (nSPS) is 10.9. The third-order valence-electron chi connectivity index (χ3n) is 1.51. The Morgan fingerprint density at radius 2 is 2.38 bits per heavy atom. The van der Waals surface area contributed by atoms with Gasteiger partial charge in [-0.1, -0.05) is 12.2 Å². The molecular formula is C9H11FN2O. The first-order valence-electron chi connectivity index (χ1n) is 3.92. The van der Waals surface area contributed by atoms with Crippen molar-refractivity contribution in [2.24, 2.45) is 0 Å². The average molecular weight is 182 g/mol. The number of halogens is 1. The Hall–Kier alpha value is -1.42. The van der Waals surface area contributed by atoms with Crippen molar-refractivity contribution in [3.05, 3.63) is 29.7 Å². The molecule has 4 heteroatoms. The molecule has 1 aromatic rings. The molecule has 0 aliphatic heterocycles. The molecule has 0 spiro atoms. The third-order valence-corrected chi connectivity index (χ3v) is 1.51. The second kappa shape index (κ2) is 4.57. The fourth-order valence-electron chi connectivity index (χ4n) is 0.884. The Morgan fingerprint density at radius 1 is 1.62 bits per heavy atom. The summed E-state index contributed by atoms with van der Waals surface area (Å²) in [4.78, 5) is 3.65. The Balaban J connectivity index is 2.81. The van der Waals surface area contributed by atoms with Gasteiger partial charge in [0.05, 0.1) is 6.20 Å². The van der Waals surface area contributed by atoms with Gasteiger partial charge < -0.3 is 10.8 Å². The molecule has 0 aliphatic carbocycles. The molecule has 0 saturated carbocycles. The first-order chi connectivity index (χ1) is 6.24. The van der Waals surface area contributed by atoms with Crippen LogP contribution in [0, 0.1) is 5.82 Å². The fraction of sp³-hybridized carbons (Fsp3) is 0.222. The monoisotopic (exact) mass is 182 g/mol. The lowest BCUT2D eigenvalue weighted by molar-refractivity contribution is 0.303. The summed E-state index contributed by atoms with van der Waals surface area (Å²) in [5, 5.41) is 8.50. The van der Waals surface area contributed by atoms with Crippen molar-refractivity contribution >= 4 is 11.9 Å². The Morgan fingerprint density at radius 3 is 3.08 bits per heavy atom. The number of nitrogens with zero attached hydrogens (tertiary/aromatic N) is 1. The van der Waals surface area contributed by atoms with Crippen LogP contribution in [0.4, 0.5) is 10.2 Å². The van der Waals surface area contributed by atoms with E-state index in [4.69, 9.17) is 10.8 Å². The number of aromatic nitrogens is 1. The van der Waals surface area contributed by atoms with E-state index >= 15 is 0 Å². The molecule has 0 aromatic carbocycles. The molecule has 1 rings (SSSR count). The predicted molar refractivity (Wildman–Crippen MR) is 49.3 cm³/mol. The van der Waals surface area contributed by atoms with Gasteiger partial charge in [0, 0.05) is 12.2 Å². The van der Waals surface area contributed by atoms with Crippen LogP contribution in [0.3, 0.4) is 0 Å². The maximum absolute atomic E-state index is 12.7. The summed E-state index contributed by atoms with van der Waals surface area (Å²) >= 11 is 0. The Labute approximate surface area is 75.7 Å². The van der Waals surface area contributed by atoms with Gasteiger partial charge in [0.2, 0.25) is 0 Å². The predicted octanol–water partition coefficient (Wildman–Crippen LogP) is 1.20. The van der Waals surface area contributed by atoms with Gasteiger partial charge in [-0.05, 0) is 12.5 Å². The smallest absolute Gasteiger partial charge is 0.142 e. The zero-order chi connectivity index (χ0) is 9.68. The molecule has 0 saturated heterocycles. The summed E-state index contributed by atoms with van der Waals surface area (Å²) in [6, 6.07) is 1.30. The van der Waals surface area contributed by atoms with E-state index < -0.39 is 5.82 Å². The quantitative estimate of drug-likeness (QED) is 0.738. The molecule has 0 amide bonds. The van der Waals surface area contributed by atoms with Gasteiger partial charge in [-0.2, -0.15) is 0 Å². The molecule has 13 heavy (non-hydrogen) atoms. The number of rotatable bonds is 3. The molecule has 0 aliphatic rings. The summed E-state index contributed by atoms with van der Waals surface area (Å²) < 4.78 is 12.7. The van der Waals surface area contributed by atoms with Crippen LogP contribution in [-0.4, -0.2) is 16.7 Å². The third kappa shape index (κ3) is 2.83. The van der Waals surface area contributed by atoms with Crippen LogP contribution in [-0.2, 0) is 0 Å². The van der Waals surface area contributed by atoms with Crippen LogP contribution in [0.15, 0.2) is 18.3 Å². The summed E-state index contributed by atoms with van der Waals surface area (Å²) in [5.41, 5.74) is 6.02. The second-order valence-electron chi connectivity index (χ2n) is 2.54. The minimum Gasteiger partial charge on any atom is -0.396 e. The van der Waals surface area contributed by atoms with Gasteiger partial charge in [0.25, 0.3) is 0 Å². The topological polar surface area (TPSA) is 59.1 Å². The Bertz CT molecular complexity index is 312. The van der Waals surface area contributed by atoms with Crippen LogP contribution in [0.5, 0.6) is 0 Å². The number of anilines is 1. The lowest BCUT2D eigenvalue weighted by atomic mass is 10.2. The van der Waals surface area contributed by atoms with Crippen LogP contribution in [0.25, 0.3) is 6.08 Å². The molecule has 0 bridgehead atoms. The summed E-state index contributed by atoms with van der Waals surface area (Å²) in [6.07, 6.45) is 4.95. The molecular weight excluding hydrogens is 171 g/mol. The van der Waals surface area contributed by atoms with Gasteiger partial charge in [0.15, 0.2) is 0 Å². The van der Waals surface area contributed by atoms with Crippen LogP contribution >= 0.6 is 0 Å². The second-order valence-corrected chi connectivity index (χ2v) is 2.54. The highest BCUT2D eigenvalue weighted by Gasteiger charge is 1.97. The van der Waals surface area contributed by atoms with E-state index in [1.807, 2.05) is 0 Å². The van der Waals surface area contributed by atoms with Crippen LogP contribution in [0.2, 0.25) is 0 Å². The van der Waals surface area contributed by atoms with Gasteiger partial charge in [0.1, 0.15) is 11.6 Å².